The van der Waals surface area contributed by atoms with Crippen LogP contribution in [0.5, 0.6) is 5.75 Å². The molecular formula is C25H32N2O5S2. The molecule has 0 saturated heterocycles. The lowest BCUT2D eigenvalue weighted by Gasteiger charge is -2.36. The number of carbonyl (C=O) groups is 1. The Hall–Kier alpha value is -2.65. The molecule has 1 heterocycles. The molecule has 34 heavy (non-hydrogen) atoms. The minimum atomic E-state index is -3.66. The van der Waals surface area contributed by atoms with E-state index in [9.17, 15) is 13.2 Å². The van der Waals surface area contributed by atoms with E-state index in [1.807, 2.05) is 36.6 Å². The smallest absolute Gasteiger partial charge is 0.331 e. The van der Waals surface area contributed by atoms with E-state index in [1.54, 1.807) is 0 Å². The van der Waals surface area contributed by atoms with E-state index >= 15 is 0 Å². The number of hydrogen-bond acceptors (Lipinski definition) is 7. The van der Waals surface area contributed by atoms with Crippen molar-refractivity contribution in [3.63, 3.8) is 0 Å². The number of nitrogen functional groups attached to an aromatic ring is 1. The van der Waals surface area contributed by atoms with Gasteiger partial charge in [0.25, 0.3) is 0 Å². The van der Waals surface area contributed by atoms with Crippen molar-refractivity contribution in [2.75, 3.05) is 29.2 Å². The molecule has 0 amide bonds. The number of carboxylic acid groups (broad SMARTS) is 1. The summed E-state index contributed by atoms with van der Waals surface area (Å²) >= 11 is 1.41. The highest BCUT2D eigenvalue weighted by Crippen LogP contribution is 2.47. The van der Waals surface area contributed by atoms with Crippen LogP contribution in [0.1, 0.15) is 39.5 Å². The molecular weight excluding hydrogens is 472 g/mol. The van der Waals surface area contributed by atoms with Crippen LogP contribution < -0.4 is 15.4 Å². The van der Waals surface area contributed by atoms with Gasteiger partial charge in [-0.25, -0.2) is 13.2 Å². The molecule has 9 heteroatoms. The zero-order valence-corrected chi connectivity index (χ0v) is 21.4. The molecule has 3 N–H and O–H groups in total. The second-order valence-corrected chi connectivity index (χ2v) is 11.4. The van der Waals surface area contributed by atoms with E-state index in [-0.39, 0.29) is 10.6 Å². The number of nitrogens with two attached hydrogens (primary N) is 1. The minimum absolute atomic E-state index is 0.0397. The monoisotopic (exact) mass is 504 g/mol. The standard InChI is InChI=1S/C25H32N2O5S2/c1-4-6-12-25(5-2)16-27(19-9-7-18(26)8-10-19)20-14-22(33-3)21(32-13-11-24(28)29)15-23(20)34(30,31)17-25/h7-11,13-15H,4-6,12,16-17,26H2,1-3H3,(H,28,29). The fourth-order valence-corrected chi connectivity index (χ4v) is 7.05. The van der Waals surface area contributed by atoms with Gasteiger partial charge in [-0.1, -0.05) is 26.7 Å². The average Bonchev–Trinajstić information content (AvgIpc) is 2.90. The first-order chi connectivity index (χ1) is 16.1. The van der Waals surface area contributed by atoms with Crippen molar-refractivity contribution in [3.8, 4) is 5.75 Å². The largest absolute Gasteiger partial charge is 0.478 e. The Morgan fingerprint density at radius 1 is 1.26 bits per heavy atom. The fraction of sp³-hybridized carbons (Fsp3) is 0.400. The molecule has 1 aliphatic rings. The number of carboxylic acids is 1. The minimum Gasteiger partial charge on any atom is -0.478 e. The van der Waals surface area contributed by atoms with Crippen molar-refractivity contribution in [3.05, 3.63) is 48.7 Å². The van der Waals surface area contributed by atoms with Gasteiger partial charge in [0.05, 0.1) is 33.6 Å². The Labute approximate surface area is 205 Å². The van der Waals surface area contributed by atoms with Gasteiger partial charge in [-0.15, -0.1) is 11.8 Å². The molecule has 0 saturated carbocycles. The molecule has 1 unspecified atom stereocenters. The van der Waals surface area contributed by atoms with Crippen molar-refractivity contribution < 1.29 is 23.1 Å². The molecule has 2 aromatic carbocycles. The van der Waals surface area contributed by atoms with E-state index in [2.05, 4.69) is 18.7 Å². The molecule has 0 fully saturated rings. The summed E-state index contributed by atoms with van der Waals surface area (Å²) in [5.41, 5.74) is 7.60. The third-order valence-electron chi connectivity index (χ3n) is 6.28. The van der Waals surface area contributed by atoms with Gasteiger partial charge in [0.1, 0.15) is 5.75 Å². The van der Waals surface area contributed by atoms with Crippen molar-refractivity contribution in [1.29, 1.82) is 0 Å². The number of rotatable bonds is 9. The number of unbranched alkanes of at least 4 members (excludes halogenated alkanes) is 1. The highest BCUT2D eigenvalue weighted by atomic mass is 32.2. The average molecular weight is 505 g/mol. The van der Waals surface area contributed by atoms with Crippen LogP contribution in [0.15, 0.2) is 58.5 Å². The van der Waals surface area contributed by atoms with Gasteiger partial charge < -0.3 is 20.5 Å². The maximum absolute atomic E-state index is 13.8. The van der Waals surface area contributed by atoms with Crippen molar-refractivity contribution in [2.24, 2.45) is 5.41 Å². The van der Waals surface area contributed by atoms with Gasteiger partial charge in [-0.05, 0) is 49.4 Å². The number of anilines is 3. The molecule has 0 aromatic heterocycles. The first-order valence-corrected chi connectivity index (χ1v) is 14.2. The van der Waals surface area contributed by atoms with Gasteiger partial charge in [0.2, 0.25) is 0 Å². The molecule has 1 aliphatic heterocycles. The highest BCUT2D eigenvalue weighted by Gasteiger charge is 2.41. The van der Waals surface area contributed by atoms with Gasteiger partial charge >= 0.3 is 5.97 Å². The van der Waals surface area contributed by atoms with Crippen LogP contribution in [0.3, 0.4) is 0 Å². The lowest BCUT2D eigenvalue weighted by molar-refractivity contribution is -0.131. The zero-order chi connectivity index (χ0) is 24.9. The fourth-order valence-electron chi connectivity index (χ4n) is 4.33. The molecule has 0 bridgehead atoms. The van der Waals surface area contributed by atoms with E-state index in [0.717, 1.165) is 43.7 Å². The van der Waals surface area contributed by atoms with Gasteiger partial charge in [-0.2, -0.15) is 0 Å². The summed E-state index contributed by atoms with van der Waals surface area (Å²) in [5, 5.41) is 8.88. The number of ether oxygens (including phenoxy) is 1. The second kappa shape index (κ2) is 10.7. The zero-order valence-electron chi connectivity index (χ0n) is 19.8. The maximum Gasteiger partial charge on any atom is 0.331 e. The SMILES string of the molecule is CCCCC1(CC)CN(c2ccc(N)cc2)c2cc(SC)c(OC=CC(=O)O)cc2S(=O)(=O)C1. The number of nitrogens with zero attached hydrogens (tertiary/aromatic N) is 1. The lowest BCUT2D eigenvalue weighted by Crippen LogP contribution is -2.37. The maximum atomic E-state index is 13.8. The van der Waals surface area contributed by atoms with E-state index < -0.39 is 21.2 Å². The summed E-state index contributed by atoms with van der Waals surface area (Å²) in [7, 11) is -3.66. The van der Waals surface area contributed by atoms with Crippen LogP contribution in [0.25, 0.3) is 0 Å². The lowest BCUT2D eigenvalue weighted by atomic mass is 9.81. The summed E-state index contributed by atoms with van der Waals surface area (Å²) in [6.07, 6.45) is 7.26. The van der Waals surface area contributed by atoms with Crippen LogP contribution in [-0.4, -0.2) is 38.0 Å². The molecule has 184 valence electrons. The van der Waals surface area contributed by atoms with Crippen molar-refractivity contribution in [1.82, 2.24) is 0 Å². The second-order valence-electron chi connectivity index (χ2n) is 8.62. The van der Waals surface area contributed by atoms with Crippen LogP contribution in [0, 0.1) is 5.41 Å². The number of fused-ring (bicyclic) bond motifs is 1. The van der Waals surface area contributed by atoms with E-state index in [4.69, 9.17) is 15.6 Å². The molecule has 7 nitrogen and oxygen atoms in total. The summed E-state index contributed by atoms with van der Waals surface area (Å²) in [6.45, 7) is 4.73. The van der Waals surface area contributed by atoms with Crippen molar-refractivity contribution in [2.45, 2.75) is 49.3 Å². The van der Waals surface area contributed by atoms with E-state index in [1.165, 1.54) is 17.8 Å². The highest BCUT2D eigenvalue weighted by molar-refractivity contribution is 7.98. The first-order valence-electron chi connectivity index (χ1n) is 11.3. The van der Waals surface area contributed by atoms with Crippen molar-refractivity contribution >= 4 is 44.6 Å². The third-order valence-corrected chi connectivity index (χ3v) is 9.03. The van der Waals surface area contributed by atoms with Crippen LogP contribution in [0.2, 0.25) is 0 Å². The predicted molar refractivity (Wildman–Crippen MR) is 138 cm³/mol. The molecule has 0 spiro atoms. The number of aliphatic carboxylic acids is 1. The Morgan fingerprint density at radius 2 is 1.97 bits per heavy atom. The summed E-state index contributed by atoms with van der Waals surface area (Å²) in [5.74, 6) is -0.800. The van der Waals surface area contributed by atoms with Crippen LogP contribution >= 0.6 is 11.8 Å². The Balaban J connectivity index is 2.24. The molecule has 2 aromatic rings. The number of hydrogen-bond donors (Lipinski definition) is 2. The number of benzene rings is 2. The number of thioether (sulfide) groups is 1. The van der Waals surface area contributed by atoms with Gasteiger partial charge in [-0.3, -0.25) is 0 Å². The molecule has 3 rings (SSSR count). The number of sulfone groups is 1. The summed E-state index contributed by atoms with van der Waals surface area (Å²) in [6, 6.07) is 10.8. The molecule has 0 aliphatic carbocycles. The Bertz CT molecular complexity index is 1160. The Morgan fingerprint density at radius 3 is 2.56 bits per heavy atom. The predicted octanol–water partition coefficient (Wildman–Crippen LogP) is 5.48. The molecule has 0 radical (unpaired) electrons. The quantitative estimate of drug-likeness (QED) is 0.200. The van der Waals surface area contributed by atoms with E-state index in [0.29, 0.717) is 28.6 Å². The normalized spacial score (nSPS) is 19.6. The van der Waals surface area contributed by atoms with Gasteiger partial charge in [0.15, 0.2) is 9.84 Å². The van der Waals surface area contributed by atoms with Crippen LogP contribution in [0.4, 0.5) is 17.1 Å². The molecule has 1 atom stereocenters. The first kappa shape index (κ1) is 26.0. The Kier molecular flexibility index (Phi) is 8.20. The van der Waals surface area contributed by atoms with Gasteiger partial charge in [0, 0.05) is 29.4 Å². The van der Waals surface area contributed by atoms with Crippen LogP contribution in [-0.2, 0) is 14.6 Å². The third kappa shape index (κ3) is 5.70. The summed E-state index contributed by atoms with van der Waals surface area (Å²) in [4.78, 5) is 13.8. The topological polar surface area (TPSA) is 110 Å². The summed E-state index contributed by atoms with van der Waals surface area (Å²) < 4.78 is 33.1.